The lowest BCUT2D eigenvalue weighted by Gasteiger charge is -2.33. The molecule has 1 aromatic carbocycles. The second kappa shape index (κ2) is 7.07. The summed E-state index contributed by atoms with van der Waals surface area (Å²) in [6.07, 6.45) is 5.81. The van der Waals surface area contributed by atoms with Gasteiger partial charge in [-0.25, -0.2) is 9.07 Å². The Morgan fingerprint density at radius 1 is 1.24 bits per heavy atom. The Hall–Kier alpha value is -3.07. The molecule has 1 aliphatic carbocycles. The Balaban J connectivity index is 1.43. The number of piperazine rings is 1. The van der Waals surface area contributed by atoms with Crippen LogP contribution >= 0.6 is 0 Å². The normalized spacial score (nSPS) is 19.5. The fraction of sp³-hybridized carbons (Fsp3) is 0.400. The van der Waals surface area contributed by atoms with Gasteiger partial charge in [0, 0.05) is 44.4 Å². The Morgan fingerprint density at radius 3 is 2.72 bits per heavy atom. The van der Waals surface area contributed by atoms with Crippen molar-refractivity contribution in [3.63, 3.8) is 0 Å². The number of aryl methyl sites for hydroxylation is 1. The maximum absolute atomic E-state index is 13.3. The van der Waals surface area contributed by atoms with Crippen LogP contribution in [0.15, 0.2) is 36.7 Å². The zero-order valence-electron chi connectivity index (χ0n) is 16.1. The van der Waals surface area contributed by atoms with Crippen LogP contribution in [0, 0.1) is 5.82 Å². The smallest absolute Gasteiger partial charge is 0.276 e. The van der Waals surface area contributed by atoms with Gasteiger partial charge in [-0.2, -0.15) is 5.10 Å². The first-order valence-electron chi connectivity index (χ1n) is 9.83. The molecule has 29 heavy (non-hydrogen) atoms. The molecule has 3 aromatic rings. The van der Waals surface area contributed by atoms with Gasteiger partial charge >= 0.3 is 0 Å². The molecule has 150 valence electrons. The van der Waals surface area contributed by atoms with Crippen LogP contribution in [0.4, 0.5) is 4.39 Å². The second-order valence-corrected chi connectivity index (χ2v) is 7.69. The van der Waals surface area contributed by atoms with Gasteiger partial charge in [-0.05, 0) is 37.1 Å². The minimum absolute atomic E-state index is 0.0397. The van der Waals surface area contributed by atoms with Crippen molar-refractivity contribution in [1.82, 2.24) is 35.0 Å². The summed E-state index contributed by atoms with van der Waals surface area (Å²) in [6.45, 7) is 1.87. The third-order valence-electron chi connectivity index (χ3n) is 5.53. The van der Waals surface area contributed by atoms with Crippen molar-refractivity contribution in [2.75, 3.05) is 19.6 Å². The van der Waals surface area contributed by atoms with Crippen LogP contribution in [-0.2, 0) is 7.05 Å². The lowest BCUT2D eigenvalue weighted by atomic mass is 10.1. The van der Waals surface area contributed by atoms with Crippen molar-refractivity contribution < 1.29 is 9.18 Å². The predicted molar refractivity (Wildman–Crippen MR) is 103 cm³/mol. The van der Waals surface area contributed by atoms with E-state index in [4.69, 9.17) is 0 Å². The summed E-state index contributed by atoms with van der Waals surface area (Å²) in [5.41, 5.74) is 3.01. The van der Waals surface area contributed by atoms with E-state index in [2.05, 4.69) is 20.7 Å². The summed E-state index contributed by atoms with van der Waals surface area (Å²) < 4.78 is 16.8. The van der Waals surface area contributed by atoms with Crippen LogP contribution in [-0.4, -0.2) is 55.2 Å². The van der Waals surface area contributed by atoms with Crippen molar-refractivity contribution in [1.29, 1.82) is 0 Å². The summed E-state index contributed by atoms with van der Waals surface area (Å²) in [5, 5.41) is 16.2. The molecule has 1 unspecified atom stereocenters. The van der Waals surface area contributed by atoms with E-state index in [9.17, 15) is 9.18 Å². The van der Waals surface area contributed by atoms with E-state index in [1.54, 1.807) is 21.5 Å². The highest BCUT2D eigenvalue weighted by Crippen LogP contribution is 2.42. The highest BCUT2D eigenvalue weighted by Gasteiger charge is 2.36. The molecular formula is C20H22FN7O. The highest BCUT2D eigenvalue weighted by atomic mass is 19.1. The largest absolute Gasteiger partial charge is 0.334 e. The van der Waals surface area contributed by atoms with Gasteiger partial charge < -0.3 is 10.2 Å². The molecule has 1 atom stereocenters. The van der Waals surface area contributed by atoms with Crippen molar-refractivity contribution in [2.24, 2.45) is 7.05 Å². The molecule has 0 bridgehead atoms. The number of carbonyl (C=O) groups excluding carboxylic acids is 1. The van der Waals surface area contributed by atoms with Crippen LogP contribution in [0.5, 0.6) is 0 Å². The minimum Gasteiger partial charge on any atom is -0.334 e. The van der Waals surface area contributed by atoms with E-state index in [1.807, 2.05) is 24.3 Å². The summed E-state index contributed by atoms with van der Waals surface area (Å²) in [7, 11) is 1.88. The van der Waals surface area contributed by atoms with Gasteiger partial charge in [0.05, 0.1) is 23.6 Å². The molecule has 0 spiro atoms. The number of carbonyl (C=O) groups is 1. The molecule has 5 rings (SSSR count). The third kappa shape index (κ3) is 3.42. The molecule has 1 saturated heterocycles. The molecule has 1 saturated carbocycles. The first-order valence-corrected chi connectivity index (χ1v) is 9.83. The number of hydrogen-bond acceptors (Lipinski definition) is 5. The van der Waals surface area contributed by atoms with E-state index in [1.165, 1.54) is 12.1 Å². The zero-order chi connectivity index (χ0) is 20.0. The van der Waals surface area contributed by atoms with Crippen LogP contribution in [0.25, 0.3) is 5.69 Å². The number of hydrogen-bond donors (Lipinski definition) is 1. The fourth-order valence-electron chi connectivity index (χ4n) is 3.87. The van der Waals surface area contributed by atoms with E-state index < -0.39 is 0 Å². The van der Waals surface area contributed by atoms with E-state index in [0.29, 0.717) is 31.0 Å². The first-order chi connectivity index (χ1) is 14.1. The van der Waals surface area contributed by atoms with E-state index in [-0.39, 0.29) is 23.7 Å². The fourth-order valence-corrected chi connectivity index (χ4v) is 3.87. The lowest BCUT2D eigenvalue weighted by Crippen LogP contribution is -2.48. The summed E-state index contributed by atoms with van der Waals surface area (Å²) in [5.74, 6) is -0.137. The number of rotatable bonds is 4. The van der Waals surface area contributed by atoms with Gasteiger partial charge in [0.1, 0.15) is 5.82 Å². The van der Waals surface area contributed by atoms with Crippen LogP contribution in [0.1, 0.15) is 46.5 Å². The van der Waals surface area contributed by atoms with Crippen molar-refractivity contribution in [3.05, 3.63) is 59.4 Å². The number of nitrogens with zero attached hydrogens (tertiary/aromatic N) is 6. The Morgan fingerprint density at radius 2 is 2.03 bits per heavy atom. The topological polar surface area (TPSA) is 80.9 Å². The molecule has 1 amide bonds. The van der Waals surface area contributed by atoms with E-state index in [0.717, 1.165) is 24.1 Å². The van der Waals surface area contributed by atoms with Crippen LogP contribution in [0.3, 0.4) is 0 Å². The second-order valence-electron chi connectivity index (χ2n) is 7.69. The molecule has 2 aromatic heterocycles. The van der Waals surface area contributed by atoms with Crippen molar-refractivity contribution in [2.45, 2.75) is 24.8 Å². The quantitative estimate of drug-likeness (QED) is 0.729. The number of amides is 1. The Labute approximate surface area is 167 Å². The van der Waals surface area contributed by atoms with Gasteiger partial charge in [0.25, 0.3) is 5.91 Å². The molecule has 2 fully saturated rings. The molecule has 3 heterocycles. The average Bonchev–Trinajstić information content (AvgIpc) is 3.33. The predicted octanol–water partition coefficient (Wildman–Crippen LogP) is 1.80. The molecule has 1 N–H and O–H groups in total. The summed E-state index contributed by atoms with van der Waals surface area (Å²) in [6, 6.07) is 6.15. The number of benzene rings is 1. The van der Waals surface area contributed by atoms with Gasteiger partial charge in [-0.15, -0.1) is 5.10 Å². The monoisotopic (exact) mass is 395 g/mol. The highest BCUT2D eigenvalue weighted by molar-refractivity contribution is 5.94. The van der Waals surface area contributed by atoms with E-state index >= 15 is 0 Å². The summed E-state index contributed by atoms with van der Waals surface area (Å²) in [4.78, 5) is 15.2. The lowest BCUT2D eigenvalue weighted by molar-refractivity contribution is 0.0695. The summed E-state index contributed by atoms with van der Waals surface area (Å²) >= 11 is 0. The molecule has 9 heteroatoms. The zero-order valence-corrected chi connectivity index (χ0v) is 16.1. The van der Waals surface area contributed by atoms with Crippen LogP contribution in [0.2, 0.25) is 0 Å². The number of halogens is 1. The molecular weight excluding hydrogens is 373 g/mol. The van der Waals surface area contributed by atoms with Crippen molar-refractivity contribution >= 4 is 5.91 Å². The Bertz CT molecular complexity index is 1040. The minimum atomic E-state index is -0.305. The van der Waals surface area contributed by atoms with Crippen molar-refractivity contribution in [3.8, 4) is 5.69 Å². The van der Waals surface area contributed by atoms with Gasteiger partial charge in [0.2, 0.25) is 0 Å². The van der Waals surface area contributed by atoms with Gasteiger partial charge in [-0.1, -0.05) is 5.21 Å². The molecule has 1 aliphatic heterocycles. The number of nitrogens with one attached hydrogen (secondary N) is 1. The maximum atomic E-state index is 13.3. The Kier molecular flexibility index (Phi) is 4.39. The van der Waals surface area contributed by atoms with Crippen LogP contribution < -0.4 is 5.32 Å². The van der Waals surface area contributed by atoms with Gasteiger partial charge in [-0.3, -0.25) is 9.48 Å². The maximum Gasteiger partial charge on any atom is 0.276 e. The SMILES string of the molecule is Cn1cc(C2CN(C(=O)c3nnn(-c4ccc(F)cc4)c3C3CC3)CCN2)cn1. The number of aromatic nitrogens is 5. The third-order valence-corrected chi connectivity index (χ3v) is 5.53. The molecule has 2 aliphatic rings. The average molecular weight is 395 g/mol. The first kappa shape index (κ1) is 18.0. The molecule has 0 radical (unpaired) electrons. The van der Waals surface area contributed by atoms with Gasteiger partial charge in [0.15, 0.2) is 5.69 Å². The molecule has 8 nitrogen and oxygen atoms in total. The standard InChI is InChI=1S/C20H22FN7O/c1-26-11-14(10-23-26)17-12-27(9-8-22-17)20(29)18-19(13-2-3-13)28(25-24-18)16-6-4-15(21)5-7-16/h4-7,10-11,13,17,22H,2-3,8-9,12H2,1H3.